The number of benzene rings is 1. The third kappa shape index (κ3) is 4.38. The number of nitrogens with one attached hydrogen (secondary N) is 1. The zero-order valence-electron chi connectivity index (χ0n) is 13.5. The third-order valence-corrected chi connectivity index (χ3v) is 3.22. The van der Waals surface area contributed by atoms with Crippen LogP contribution in [0.4, 0.5) is 24.8 Å². The van der Waals surface area contributed by atoms with Crippen molar-refractivity contribution in [1.29, 1.82) is 0 Å². The lowest BCUT2D eigenvalue weighted by Crippen LogP contribution is -2.05. The Kier molecular flexibility index (Phi) is 4.87. The topological polar surface area (TPSA) is 69.2 Å². The molecule has 3 aromatic rings. The van der Waals surface area contributed by atoms with Crippen molar-refractivity contribution >= 4 is 11.6 Å². The van der Waals surface area contributed by atoms with E-state index in [9.17, 15) is 13.2 Å². The first-order valence-electron chi connectivity index (χ1n) is 7.39. The first kappa shape index (κ1) is 17.5. The van der Waals surface area contributed by atoms with Crippen molar-refractivity contribution in [2.24, 2.45) is 0 Å². The van der Waals surface area contributed by atoms with Crippen molar-refractivity contribution in [3.05, 3.63) is 60.4 Å². The molecule has 0 amide bonds. The molecule has 26 heavy (non-hydrogen) atoms. The van der Waals surface area contributed by atoms with E-state index in [1.807, 2.05) is 0 Å². The van der Waals surface area contributed by atoms with Crippen LogP contribution in [0.2, 0.25) is 0 Å². The van der Waals surface area contributed by atoms with Gasteiger partial charge in [-0.25, -0.2) is 9.97 Å². The predicted molar refractivity (Wildman–Crippen MR) is 87.6 cm³/mol. The van der Waals surface area contributed by atoms with Gasteiger partial charge in [-0.2, -0.15) is 18.2 Å². The van der Waals surface area contributed by atoms with Crippen molar-refractivity contribution in [2.45, 2.75) is 6.18 Å². The molecule has 3 rings (SSSR count). The van der Waals surface area contributed by atoms with Crippen LogP contribution in [0.1, 0.15) is 5.56 Å². The second-order valence-corrected chi connectivity index (χ2v) is 5.06. The highest BCUT2D eigenvalue weighted by molar-refractivity contribution is 5.55. The van der Waals surface area contributed by atoms with Gasteiger partial charge in [0.1, 0.15) is 5.75 Å². The van der Waals surface area contributed by atoms with Gasteiger partial charge in [0.25, 0.3) is 0 Å². The van der Waals surface area contributed by atoms with Gasteiger partial charge in [-0.3, -0.25) is 0 Å². The van der Waals surface area contributed by atoms with Crippen LogP contribution in [0.5, 0.6) is 17.5 Å². The van der Waals surface area contributed by atoms with E-state index < -0.39 is 11.7 Å². The number of anilines is 2. The van der Waals surface area contributed by atoms with E-state index in [1.165, 1.54) is 37.7 Å². The number of ether oxygens (including phenoxy) is 2. The molecule has 0 unspecified atom stereocenters. The molecule has 0 aliphatic heterocycles. The first-order valence-corrected chi connectivity index (χ1v) is 7.39. The monoisotopic (exact) mass is 362 g/mol. The van der Waals surface area contributed by atoms with Crippen LogP contribution >= 0.6 is 0 Å². The van der Waals surface area contributed by atoms with Gasteiger partial charge in [0.05, 0.1) is 18.9 Å². The van der Waals surface area contributed by atoms with Gasteiger partial charge in [0.2, 0.25) is 17.7 Å². The summed E-state index contributed by atoms with van der Waals surface area (Å²) in [6.07, 6.45) is -1.54. The van der Waals surface area contributed by atoms with Crippen molar-refractivity contribution < 1.29 is 22.6 Å². The van der Waals surface area contributed by atoms with Crippen LogP contribution in [-0.2, 0) is 6.18 Å². The number of pyridine rings is 1. The molecule has 0 saturated heterocycles. The molecule has 0 saturated carbocycles. The van der Waals surface area contributed by atoms with Gasteiger partial charge < -0.3 is 14.8 Å². The second-order valence-electron chi connectivity index (χ2n) is 5.06. The molecule has 0 atom stereocenters. The van der Waals surface area contributed by atoms with Crippen molar-refractivity contribution in [3.63, 3.8) is 0 Å². The lowest BCUT2D eigenvalue weighted by molar-refractivity contribution is -0.137. The summed E-state index contributed by atoms with van der Waals surface area (Å²) in [7, 11) is 1.50. The molecule has 9 heteroatoms. The van der Waals surface area contributed by atoms with Crippen molar-refractivity contribution in [2.75, 3.05) is 12.4 Å². The summed E-state index contributed by atoms with van der Waals surface area (Å²) in [5.41, 5.74) is -0.553. The third-order valence-electron chi connectivity index (χ3n) is 3.22. The summed E-state index contributed by atoms with van der Waals surface area (Å²) in [6.45, 7) is 0. The molecule has 0 aliphatic rings. The van der Waals surface area contributed by atoms with Gasteiger partial charge in [-0.1, -0.05) is 6.07 Å². The number of methoxy groups -OCH3 is 1. The van der Waals surface area contributed by atoms with Gasteiger partial charge in [-0.05, 0) is 24.3 Å². The number of aromatic nitrogens is 3. The molecule has 0 bridgehead atoms. The van der Waals surface area contributed by atoms with E-state index in [0.29, 0.717) is 11.6 Å². The smallest absolute Gasteiger partial charge is 0.416 e. The van der Waals surface area contributed by atoms with Gasteiger partial charge in [-0.15, -0.1) is 0 Å². The fourth-order valence-corrected chi connectivity index (χ4v) is 2.03. The Balaban J connectivity index is 1.75. The number of hydrogen-bond acceptors (Lipinski definition) is 6. The van der Waals surface area contributed by atoms with E-state index in [0.717, 1.165) is 12.1 Å². The molecule has 1 aromatic carbocycles. The minimum atomic E-state index is -4.43. The van der Waals surface area contributed by atoms with Crippen LogP contribution < -0.4 is 14.8 Å². The fraction of sp³-hybridized carbons (Fsp3) is 0.118. The minimum Gasteiger partial charge on any atom is -0.481 e. The molecule has 0 fully saturated rings. The first-order chi connectivity index (χ1) is 12.4. The van der Waals surface area contributed by atoms with E-state index in [1.54, 1.807) is 12.1 Å². The molecular formula is C17H13F3N4O2. The van der Waals surface area contributed by atoms with Gasteiger partial charge >= 0.3 is 6.18 Å². The Morgan fingerprint density at radius 3 is 2.54 bits per heavy atom. The SMILES string of the molecule is COc1ccc(Oc2ccnc(Nc3cccc(C(F)(F)F)c3)n2)cn1. The van der Waals surface area contributed by atoms with E-state index in [4.69, 9.17) is 9.47 Å². The molecule has 1 N–H and O–H groups in total. The minimum absolute atomic E-state index is 0.100. The van der Waals surface area contributed by atoms with Crippen LogP contribution in [0.15, 0.2) is 54.9 Å². The van der Waals surface area contributed by atoms with Crippen LogP contribution in [0, 0.1) is 0 Å². The standard InChI is InChI=1S/C17H13F3N4O2/c1-25-14-6-5-13(10-22-14)26-15-7-8-21-16(24-15)23-12-4-2-3-11(9-12)17(18,19)20/h2-10H,1H3,(H,21,23,24). The van der Waals surface area contributed by atoms with Crippen LogP contribution in [0.3, 0.4) is 0 Å². The Morgan fingerprint density at radius 1 is 1.00 bits per heavy atom. The Hall–Kier alpha value is -3.36. The fourth-order valence-electron chi connectivity index (χ4n) is 2.03. The van der Waals surface area contributed by atoms with E-state index in [2.05, 4.69) is 20.3 Å². The molecule has 0 aliphatic carbocycles. The normalized spacial score (nSPS) is 11.1. The average molecular weight is 362 g/mol. The number of nitrogens with zero attached hydrogens (tertiary/aromatic N) is 3. The largest absolute Gasteiger partial charge is 0.481 e. The second kappa shape index (κ2) is 7.26. The van der Waals surface area contributed by atoms with Crippen LogP contribution in [0.25, 0.3) is 0 Å². The highest BCUT2D eigenvalue weighted by Crippen LogP contribution is 2.31. The highest BCUT2D eigenvalue weighted by atomic mass is 19.4. The van der Waals surface area contributed by atoms with Crippen LogP contribution in [-0.4, -0.2) is 22.1 Å². The van der Waals surface area contributed by atoms with Crippen molar-refractivity contribution in [1.82, 2.24) is 15.0 Å². The summed E-state index contributed by atoms with van der Waals surface area (Å²) in [6, 6.07) is 9.54. The molecule has 0 radical (unpaired) electrons. The van der Waals surface area contributed by atoms with E-state index in [-0.39, 0.29) is 17.5 Å². The highest BCUT2D eigenvalue weighted by Gasteiger charge is 2.30. The maximum atomic E-state index is 12.8. The Morgan fingerprint density at radius 2 is 1.85 bits per heavy atom. The van der Waals surface area contributed by atoms with Gasteiger partial charge in [0.15, 0.2) is 0 Å². The van der Waals surface area contributed by atoms with E-state index >= 15 is 0 Å². The average Bonchev–Trinajstić information content (AvgIpc) is 2.62. The molecule has 0 spiro atoms. The molecule has 134 valence electrons. The number of halogens is 3. The maximum Gasteiger partial charge on any atom is 0.416 e. The lowest BCUT2D eigenvalue weighted by Gasteiger charge is -2.10. The maximum absolute atomic E-state index is 12.8. The number of hydrogen-bond donors (Lipinski definition) is 1. The number of rotatable bonds is 5. The molecule has 2 heterocycles. The summed E-state index contributed by atoms with van der Waals surface area (Å²) >= 11 is 0. The quantitative estimate of drug-likeness (QED) is 0.724. The molecular weight excluding hydrogens is 349 g/mol. The lowest BCUT2D eigenvalue weighted by atomic mass is 10.2. The number of alkyl halides is 3. The summed E-state index contributed by atoms with van der Waals surface area (Å²) in [4.78, 5) is 12.1. The summed E-state index contributed by atoms with van der Waals surface area (Å²) in [5.74, 6) is 1.17. The van der Waals surface area contributed by atoms with Crippen molar-refractivity contribution in [3.8, 4) is 17.5 Å². The summed E-state index contributed by atoms with van der Waals surface area (Å²) < 4.78 is 48.8. The predicted octanol–water partition coefficient (Wildman–Crippen LogP) is 4.43. The molecule has 2 aromatic heterocycles. The zero-order chi connectivity index (χ0) is 18.6. The Bertz CT molecular complexity index is 886. The molecule has 6 nitrogen and oxygen atoms in total. The van der Waals surface area contributed by atoms with Gasteiger partial charge in [0, 0.05) is 24.0 Å². The zero-order valence-corrected chi connectivity index (χ0v) is 13.5. The Labute approximate surface area is 146 Å². The summed E-state index contributed by atoms with van der Waals surface area (Å²) in [5, 5.41) is 2.72.